The number of aliphatic hydroxyl groups is 4. The largest absolute Gasteiger partial charge is 0.481 e. The first-order valence-corrected chi connectivity index (χ1v) is 12.8. The van der Waals surface area contributed by atoms with Crippen LogP contribution < -0.4 is 11.3 Å². The zero-order chi connectivity index (χ0) is 30.1. The Morgan fingerprint density at radius 1 is 1.10 bits per heavy atom. The number of nitrogens with zero attached hydrogens (tertiary/aromatic N) is 3. The highest BCUT2D eigenvalue weighted by atomic mass is 32.1. The number of carboxylic acid groups (broad SMARTS) is 1. The monoisotopic (exact) mass is 598 g/mol. The number of hydrogen-bond donors (Lipinski definition) is 6. The normalized spacial score (nSPS) is 22.9. The Labute approximate surface area is 232 Å². The van der Waals surface area contributed by atoms with E-state index >= 15 is 0 Å². The van der Waals surface area contributed by atoms with Gasteiger partial charge in [0.1, 0.15) is 23.3 Å². The summed E-state index contributed by atoms with van der Waals surface area (Å²) in [6.45, 7) is -0.543. The summed E-state index contributed by atoms with van der Waals surface area (Å²) >= 11 is 1.15. The molecule has 1 aliphatic heterocycles. The molecule has 0 unspecified atom stereocenters. The van der Waals surface area contributed by atoms with Crippen molar-refractivity contribution in [2.75, 3.05) is 6.61 Å². The van der Waals surface area contributed by atoms with Crippen LogP contribution >= 0.6 is 11.3 Å². The van der Waals surface area contributed by atoms with Crippen LogP contribution in [-0.2, 0) is 28.7 Å². The molecule has 1 fully saturated rings. The van der Waals surface area contributed by atoms with E-state index in [0.717, 1.165) is 28.2 Å². The van der Waals surface area contributed by atoms with Crippen LogP contribution in [0.3, 0.4) is 0 Å². The molecule has 0 amide bonds. The summed E-state index contributed by atoms with van der Waals surface area (Å²) < 4.78 is 45.0. The standard InChI is InChI=1S/C19H12F3N3O3S.C6H13NO5/c20-19(21,22)10-5-6-15-14(7-10)23-16(29-15)9-25-18(28)12-4-2-1-3-11(12)13(24-25)8-17(26)27;7-3-5(10)4(9)2(1-8)12-6(3)11/h1-7H,8-9H2,(H,26,27);2-6,8-11H,1,7H2/t;2-,3-,4-,5-,6-/m.1/s1. The van der Waals surface area contributed by atoms with E-state index in [4.69, 9.17) is 25.8 Å². The van der Waals surface area contributed by atoms with E-state index in [-0.39, 0.29) is 24.2 Å². The summed E-state index contributed by atoms with van der Waals surface area (Å²) in [6, 6.07) is 8.80. The zero-order valence-corrected chi connectivity index (χ0v) is 21.8. The molecule has 1 saturated heterocycles. The van der Waals surface area contributed by atoms with E-state index in [9.17, 15) is 33.0 Å². The van der Waals surface area contributed by atoms with Gasteiger partial charge in [0.25, 0.3) is 5.56 Å². The van der Waals surface area contributed by atoms with Gasteiger partial charge in [-0.15, -0.1) is 11.3 Å². The van der Waals surface area contributed by atoms with E-state index in [1.165, 1.54) is 6.07 Å². The van der Waals surface area contributed by atoms with Crippen LogP contribution in [0.25, 0.3) is 21.0 Å². The van der Waals surface area contributed by atoms with Gasteiger partial charge in [-0.2, -0.15) is 18.3 Å². The average molecular weight is 599 g/mol. The highest BCUT2D eigenvalue weighted by Crippen LogP contribution is 2.33. The fourth-order valence-corrected chi connectivity index (χ4v) is 5.08. The lowest BCUT2D eigenvalue weighted by atomic mass is 9.98. The number of carboxylic acids is 1. The van der Waals surface area contributed by atoms with Crippen LogP contribution in [-0.4, -0.2) is 83.5 Å². The van der Waals surface area contributed by atoms with Crippen LogP contribution in [0.5, 0.6) is 0 Å². The second-order valence-corrected chi connectivity index (χ2v) is 10.2. The number of benzene rings is 2. The molecule has 1 aliphatic rings. The van der Waals surface area contributed by atoms with Crippen LogP contribution in [0.2, 0.25) is 0 Å². The minimum atomic E-state index is -4.47. The lowest BCUT2D eigenvalue weighted by Crippen LogP contribution is -2.61. The van der Waals surface area contributed by atoms with Crippen molar-refractivity contribution in [2.45, 2.75) is 49.8 Å². The Morgan fingerprint density at radius 2 is 1.78 bits per heavy atom. The number of alkyl halides is 3. The number of aliphatic carboxylic acids is 1. The highest BCUT2D eigenvalue weighted by molar-refractivity contribution is 7.18. The molecule has 0 aliphatic carbocycles. The number of aromatic nitrogens is 3. The second kappa shape index (κ2) is 12.2. The van der Waals surface area contributed by atoms with Gasteiger partial charge in [-0.3, -0.25) is 9.59 Å². The Kier molecular flexibility index (Phi) is 9.03. The molecule has 5 rings (SSSR count). The third kappa shape index (κ3) is 6.70. The van der Waals surface area contributed by atoms with Crippen LogP contribution in [0.1, 0.15) is 16.3 Å². The number of carbonyl (C=O) groups is 1. The number of thiazole rings is 1. The first kappa shape index (κ1) is 30.4. The van der Waals surface area contributed by atoms with E-state index in [1.54, 1.807) is 24.3 Å². The molecule has 4 aromatic rings. The van der Waals surface area contributed by atoms with E-state index in [0.29, 0.717) is 20.5 Å². The zero-order valence-electron chi connectivity index (χ0n) is 21.0. The molecule has 3 heterocycles. The molecule has 0 spiro atoms. The van der Waals surface area contributed by atoms with E-state index in [1.807, 2.05) is 0 Å². The van der Waals surface area contributed by atoms with Gasteiger partial charge in [0.15, 0.2) is 6.29 Å². The molecular weight excluding hydrogens is 573 g/mol. The molecule has 0 bridgehead atoms. The van der Waals surface area contributed by atoms with Gasteiger partial charge in [0, 0.05) is 5.39 Å². The molecule has 0 saturated carbocycles. The molecule has 2 aromatic heterocycles. The maximum absolute atomic E-state index is 12.9. The van der Waals surface area contributed by atoms with Crippen molar-refractivity contribution in [3.63, 3.8) is 0 Å². The molecule has 0 radical (unpaired) electrons. The molecule has 16 heteroatoms. The third-order valence-corrected chi connectivity index (χ3v) is 7.28. The Bertz CT molecular complexity index is 1610. The maximum Gasteiger partial charge on any atom is 0.416 e. The van der Waals surface area contributed by atoms with Gasteiger partial charge in [-0.1, -0.05) is 18.2 Å². The van der Waals surface area contributed by atoms with Gasteiger partial charge in [-0.25, -0.2) is 9.67 Å². The summed E-state index contributed by atoms with van der Waals surface area (Å²) in [7, 11) is 0. The SMILES string of the molecule is N[C@@H]1[C@@H](O)[C@H](O)[C@@H](CO)O[C@H]1O.O=C(O)Cc1nn(Cc2nc3cc(C(F)(F)F)ccc3s2)c(=O)c2ccccc12. The average Bonchev–Trinajstić information content (AvgIpc) is 3.33. The second-order valence-electron chi connectivity index (χ2n) is 9.12. The van der Waals surface area contributed by atoms with Crippen LogP contribution in [0.15, 0.2) is 47.3 Å². The van der Waals surface area contributed by atoms with Gasteiger partial charge in [-0.05, 0) is 24.3 Å². The lowest BCUT2D eigenvalue weighted by Gasteiger charge is -2.38. The van der Waals surface area contributed by atoms with Gasteiger partial charge < -0.3 is 36.0 Å². The summed E-state index contributed by atoms with van der Waals surface area (Å²) in [6.07, 6.45) is -9.69. The summed E-state index contributed by atoms with van der Waals surface area (Å²) in [5.41, 5.74) is 4.45. The Hall–Kier alpha value is -3.51. The van der Waals surface area contributed by atoms with Gasteiger partial charge in [0.2, 0.25) is 0 Å². The maximum atomic E-state index is 12.9. The Morgan fingerprint density at radius 3 is 2.41 bits per heavy atom. The van der Waals surface area contributed by atoms with Crippen molar-refractivity contribution in [3.8, 4) is 0 Å². The fraction of sp³-hybridized carbons (Fsp3) is 0.360. The minimum absolute atomic E-state index is 0.0724. The predicted molar refractivity (Wildman–Crippen MR) is 139 cm³/mol. The van der Waals surface area contributed by atoms with E-state index in [2.05, 4.69) is 10.1 Å². The van der Waals surface area contributed by atoms with Crippen LogP contribution in [0, 0.1) is 0 Å². The smallest absolute Gasteiger partial charge is 0.416 e. The van der Waals surface area contributed by atoms with E-state index < -0.39 is 60.5 Å². The quantitative estimate of drug-likeness (QED) is 0.186. The number of ether oxygens (including phenoxy) is 1. The number of halogens is 3. The van der Waals surface area contributed by atoms with Crippen molar-refractivity contribution in [3.05, 3.63) is 69.1 Å². The number of nitrogens with two attached hydrogens (primary N) is 1. The summed E-state index contributed by atoms with van der Waals surface area (Å²) in [5, 5.41) is 50.5. The molecule has 41 heavy (non-hydrogen) atoms. The predicted octanol–water partition coefficient (Wildman–Crippen LogP) is 0.445. The van der Waals surface area contributed by atoms with Gasteiger partial charge >= 0.3 is 12.1 Å². The number of hydrogen-bond acceptors (Lipinski definition) is 11. The number of fused-ring (bicyclic) bond motifs is 2. The highest BCUT2D eigenvalue weighted by Gasteiger charge is 2.41. The number of aliphatic hydroxyl groups excluding tert-OH is 4. The molecule has 5 atom stereocenters. The summed E-state index contributed by atoms with van der Waals surface area (Å²) in [4.78, 5) is 28.1. The molecule has 12 nitrogen and oxygen atoms in total. The topological polar surface area (TPSA) is 201 Å². The third-order valence-electron chi connectivity index (χ3n) is 6.26. The van der Waals surface area contributed by atoms with Crippen molar-refractivity contribution < 1.29 is 48.2 Å². The van der Waals surface area contributed by atoms with Crippen molar-refractivity contribution in [2.24, 2.45) is 5.73 Å². The summed E-state index contributed by atoms with van der Waals surface area (Å²) in [5.74, 6) is -1.09. The fourth-order valence-electron chi connectivity index (χ4n) is 4.15. The van der Waals surface area contributed by atoms with Crippen LogP contribution in [0.4, 0.5) is 13.2 Å². The van der Waals surface area contributed by atoms with Crippen molar-refractivity contribution in [1.29, 1.82) is 0 Å². The lowest BCUT2D eigenvalue weighted by molar-refractivity contribution is -0.248. The Balaban J connectivity index is 0.000000271. The molecule has 220 valence electrons. The minimum Gasteiger partial charge on any atom is -0.481 e. The van der Waals surface area contributed by atoms with Crippen molar-refractivity contribution in [1.82, 2.24) is 14.8 Å². The molecular formula is C25H25F3N4O8S. The van der Waals surface area contributed by atoms with Gasteiger partial charge in [0.05, 0.1) is 52.5 Å². The molecule has 7 N–H and O–H groups in total. The first-order chi connectivity index (χ1) is 19.3. The van der Waals surface area contributed by atoms with Crippen molar-refractivity contribution >= 4 is 38.3 Å². The number of rotatable bonds is 5. The molecule has 2 aromatic carbocycles. The first-order valence-electron chi connectivity index (χ1n) is 12.0.